The minimum atomic E-state index is -1.08. The number of carboxylic acid groups (broad SMARTS) is 1. The zero-order valence-electron chi connectivity index (χ0n) is 8.27. The number of rotatable bonds is 5. The first kappa shape index (κ1) is 13.1. The van der Waals surface area contributed by atoms with E-state index in [2.05, 4.69) is 21.2 Å². The van der Waals surface area contributed by atoms with Crippen LogP contribution < -0.4 is 11.1 Å². The smallest absolute Gasteiger partial charge is 0.305 e. The Hall–Kier alpha value is -0.920. The van der Waals surface area contributed by atoms with Crippen molar-refractivity contribution < 1.29 is 14.7 Å². The number of carbonyl (C=O) groups excluding carboxylic acids is 1. The van der Waals surface area contributed by atoms with Crippen LogP contribution in [0, 0.1) is 0 Å². The average Bonchev–Trinajstić information content (AvgIpc) is 2.59. The Kier molecular flexibility index (Phi) is 4.91. The van der Waals surface area contributed by atoms with Gasteiger partial charge in [0, 0.05) is 4.88 Å². The molecule has 0 radical (unpaired) electrons. The molecule has 1 unspecified atom stereocenters. The molecule has 0 aliphatic carbocycles. The van der Waals surface area contributed by atoms with Gasteiger partial charge >= 0.3 is 5.97 Å². The second-order valence-electron chi connectivity index (χ2n) is 3.13. The largest absolute Gasteiger partial charge is 0.481 e. The standard InChI is InChI=1S/C9H11BrN2O3S/c10-7-2-1-5(16-7)4-12-9(15)6(11)3-8(13)14/h1-2,6H,3-4,11H2,(H,12,15)(H,13,14). The number of aliphatic carboxylic acids is 1. The van der Waals surface area contributed by atoms with E-state index in [1.54, 1.807) is 0 Å². The van der Waals surface area contributed by atoms with Crippen molar-refractivity contribution in [1.29, 1.82) is 0 Å². The van der Waals surface area contributed by atoms with Crippen molar-refractivity contribution in [1.82, 2.24) is 5.32 Å². The molecule has 5 nitrogen and oxygen atoms in total. The van der Waals surface area contributed by atoms with E-state index in [9.17, 15) is 9.59 Å². The fourth-order valence-electron chi connectivity index (χ4n) is 1.03. The molecular formula is C9H11BrN2O3S. The summed E-state index contributed by atoms with van der Waals surface area (Å²) in [5, 5.41) is 11.0. The number of hydrogen-bond donors (Lipinski definition) is 3. The van der Waals surface area contributed by atoms with E-state index in [0.717, 1.165) is 8.66 Å². The molecule has 1 amide bonds. The van der Waals surface area contributed by atoms with Crippen LogP contribution >= 0.6 is 27.3 Å². The monoisotopic (exact) mass is 306 g/mol. The van der Waals surface area contributed by atoms with Gasteiger partial charge in [-0.3, -0.25) is 9.59 Å². The lowest BCUT2D eigenvalue weighted by atomic mass is 10.2. The maximum atomic E-state index is 11.4. The van der Waals surface area contributed by atoms with E-state index < -0.39 is 17.9 Å². The maximum Gasteiger partial charge on any atom is 0.305 e. The third-order valence-corrected chi connectivity index (χ3v) is 3.42. The Morgan fingerprint density at radius 1 is 1.56 bits per heavy atom. The van der Waals surface area contributed by atoms with Crippen molar-refractivity contribution in [2.24, 2.45) is 5.73 Å². The van der Waals surface area contributed by atoms with Crippen molar-refractivity contribution in [3.8, 4) is 0 Å². The normalized spacial score (nSPS) is 12.1. The summed E-state index contributed by atoms with van der Waals surface area (Å²) in [4.78, 5) is 22.7. The van der Waals surface area contributed by atoms with Crippen LogP contribution in [0.15, 0.2) is 15.9 Å². The number of nitrogens with two attached hydrogens (primary N) is 1. The summed E-state index contributed by atoms with van der Waals surface area (Å²) in [6.45, 7) is 0.364. The van der Waals surface area contributed by atoms with Gasteiger partial charge in [-0.25, -0.2) is 0 Å². The highest BCUT2D eigenvalue weighted by atomic mass is 79.9. The Bertz CT molecular complexity index is 394. The molecule has 0 aromatic carbocycles. The summed E-state index contributed by atoms with van der Waals surface area (Å²) < 4.78 is 0.978. The first-order chi connectivity index (χ1) is 7.49. The second-order valence-corrected chi connectivity index (χ2v) is 5.68. The SMILES string of the molecule is NC(CC(=O)O)C(=O)NCc1ccc(Br)s1. The van der Waals surface area contributed by atoms with Crippen LogP contribution in [0.25, 0.3) is 0 Å². The number of carbonyl (C=O) groups is 2. The summed E-state index contributed by atoms with van der Waals surface area (Å²) in [5.74, 6) is -1.53. The van der Waals surface area contributed by atoms with Crippen LogP contribution in [0.1, 0.15) is 11.3 Å². The minimum absolute atomic E-state index is 0.361. The fourth-order valence-corrected chi connectivity index (χ4v) is 2.46. The predicted octanol–water partition coefficient (Wildman–Crippen LogP) is 0.929. The van der Waals surface area contributed by atoms with Crippen LogP contribution in [-0.2, 0) is 16.1 Å². The van der Waals surface area contributed by atoms with Gasteiger partial charge in [-0.15, -0.1) is 11.3 Å². The molecular weight excluding hydrogens is 296 g/mol. The molecule has 7 heteroatoms. The predicted molar refractivity (Wildman–Crippen MR) is 64.1 cm³/mol. The second kappa shape index (κ2) is 5.97. The fraction of sp³-hybridized carbons (Fsp3) is 0.333. The van der Waals surface area contributed by atoms with Crippen LogP contribution in [0.2, 0.25) is 0 Å². The Morgan fingerprint density at radius 3 is 2.75 bits per heavy atom. The third-order valence-electron chi connectivity index (χ3n) is 1.80. The van der Waals surface area contributed by atoms with E-state index in [1.165, 1.54) is 11.3 Å². The van der Waals surface area contributed by atoms with Gasteiger partial charge in [0.1, 0.15) is 0 Å². The highest BCUT2D eigenvalue weighted by Crippen LogP contribution is 2.21. The van der Waals surface area contributed by atoms with Gasteiger partial charge < -0.3 is 16.2 Å². The lowest BCUT2D eigenvalue weighted by Crippen LogP contribution is -2.41. The Labute approximate surface area is 105 Å². The molecule has 1 atom stereocenters. The number of thiophene rings is 1. The van der Waals surface area contributed by atoms with E-state index in [-0.39, 0.29) is 6.42 Å². The molecule has 4 N–H and O–H groups in total. The Balaban J connectivity index is 2.37. The molecule has 1 aromatic rings. The summed E-state index contributed by atoms with van der Waals surface area (Å²) in [5.41, 5.74) is 5.39. The zero-order chi connectivity index (χ0) is 12.1. The topological polar surface area (TPSA) is 92.4 Å². The number of carboxylic acids is 1. The van der Waals surface area contributed by atoms with Crippen molar-refractivity contribution in [3.05, 3.63) is 20.8 Å². The molecule has 0 aliphatic rings. The average molecular weight is 307 g/mol. The van der Waals surface area contributed by atoms with Crippen LogP contribution in [0.3, 0.4) is 0 Å². The first-order valence-corrected chi connectivity index (χ1v) is 6.09. The molecule has 0 bridgehead atoms. The van der Waals surface area contributed by atoms with Crippen molar-refractivity contribution in [2.45, 2.75) is 19.0 Å². The van der Waals surface area contributed by atoms with Crippen LogP contribution in [0.5, 0.6) is 0 Å². The minimum Gasteiger partial charge on any atom is -0.481 e. The van der Waals surface area contributed by atoms with E-state index in [4.69, 9.17) is 10.8 Å². The number of amides is 1. The van der Waals surface area contributed by atoms with Gasteiger partial charge in [0.15, 0.2) is 0 Å². The molecule has 1 heterocycles. The summed E-state index contributed by atoms with van der Waals surface area (Å²) >= 11 is 4.80. The van der Waals surface area contributed by atoms with Gasteiger partial charge in [-0.2, -0.15) is 0 Å². The third kappa shape index (κ3) is 4.30. The molecule has 1 rings (SSSR count). The number of hydrogen-bond acceptors (Lipinski definition) is 4. The highest BCUT2D eigenvalue weighted by molar-refractivity contribution is 9.11. The van der Waals surface area contributed by atoms with Crippen LogP contribution in [-0.4, -0.2) is 23.0 Å². The molecule has 88 valence electrons. The lowest BCUT2D eigenvalue weighted by molar-refractivity contribution is -0.139. The quantitative estimate of drug-likeness (QED) is 0.754. The molecule has 0 fully saturated rings. The zero-order valence-corrected chi connectivity index (χ0v) is 10.7. The molecule has 0 saturated carbocycles. The van der Waals surface area contributed by atoms with Gasteiger partial charge in [0.05, 0.1) is 22.8 Å². The van der Waals surface area contributed by atoms with Crippen molar-refractivity contribution in [3.63, 3.8) is 0 Å². The molecule has 0 aliphatic heterocycles. The van der Waals surface area contributed by atoms with Crippen LogP contribution in [0.4, 0.5) is 0 Å². The molecule has 0 spiro atoms. The van der Waals surface area contributed by atoms with Gasteiger partial charge in [0.25, 0.3) is 0 Å². The van der Waals surface area contributed by atoms with Crippen molar-refractivity contribution in [2.75, 3.05) is 0 Å². The van der Waals surface area contributed by atoms with Gasteiger partial charge in [0.2, 0.25) is 5.91 Å². The molecule has 1 aromatic heterocycles. The van der Waals surface area contributed by atoms with E-state index in [0.29, 0.717) is 6.54 Å². The number of halogens is 1. The maximum absolute atomic E-state index is 11.4. The summed E-state index contributed by atoms with van der Waals surface area (Å²) in [6, 6.07) is 2.75. The van der Waals surface area contributed by atoms with Crippen molar-refractivity contribution >= 4 is 39.1 Å². The van der Waals surface area contributed by atoms with Gasteiger partial charge in [-0.05, 0) is 28.1 Å². The van der Waals surface area contributed by atoms with Gasteiger partial charge in [-0.1, -0.05) is 0 Å². The lowest BCUT2D eigenvalue weighted by Gasteiger charge is -2.08. The summed E-state index contributed by atoms with van der Waals surface area (Å²) in [7, 11) is 0. The van der Waals surface area contributed by atoms with E-state index >= 15 is 0 Å². The number of nitrogens with one attached hydrogen (secondary N) is 1. The molecule has 16 heavy (non-hydrogen) atoms. The Morgan fingerprint density at radius 2 is 2.25 bits per heavy atom. The van der Waals surface area contributed by atoms with E-state index in [1.807, 2.05) is 12.1 Å². The molecule has 0 saturated heterocycles. The first-order valence-electron chi connectivity index (χ1n) is 4.48. The summed E-state index contributed by atoms with van der Waals surface area (Å²) in [6.07, 6.45) is -0.361. The highest BCUT2D eigenvalue weighted by Gasteiger charge is 2.16.